The second kappa shape index (κ2) is 14.8. The minimum atomic E-state index is -2.28. The van der Waals surface area contributed by atoms with Crippen molar-refractivity contribution in [2.24, 2.45) is 0 Å². The van der Waals surface area contributed by atoms with Gasteiger partial charge in [0.15, 0.2) is 0 Å². The van der Waals surface area contributed by atoms with Crippen molar-refractivity contribution in [1.82, 2.24) is 4.90 Å². The molecular formula is C23H47NO2Sn. The number of hydrogen-bond acceptors (Lipinski definition) is 2. The Morgan fingerprint density at radius 1 is 0.852 bits per heavy atom. The number of unbranched alkanes of at least 4 members (excludes halogenated alkanes) is 3. The average molecular weight is 488 g/mol. The molecule has 27 heavy (non-hydrogen) atoms. The van der Waals surface area contributed by atoms with Crippen LogP contribution in [0.2, 0.25) is 17.2 Å². The van der Waals surface area contributed by atoms with Crippen molar-refractivity contribution >= 4 is 24.5 Å². The first-order valence-corrected chi connectivity index (χ1v) is 19.1. The van der Waals surface area contributed by atoms with E-state index < -0.39 is 18.4 Å². The Balaban J connectivity index is 5.19. The number of carbonyl (C=O) groups is 1. The molecule has 0 saturated carbocycles. The van der Waals surface area contributed by atoms with Gasteiger partial charge in [0.2, 0.25) is 0 Å². The van der Waals surface area contributed by atoms with Gasteiger partial charge in [0, 0.05) is 0 Å². The average Bonchev–Trinajstić information content (AvgIpc) is 2.60. The molecule has 4 heteroatoms. The van der Waals surface area contributed by atoms with E-state index in [1.165, 1.54) is 51.8 Å². The molecule has 0 aromatic rings. The molecule has 0 N–H and O–H groups in total. The number of hydrogen-bond donors (Lipinski definition) is 0. The SMILES string of the molecule is CCC[CH2][Sn]([CH2]CCC)([CH2]CCC)[CH](C)/C=C/OC(=O)N(C(C)C)C(C)C. The zero-order valence-corrected chi connectivity index (χ0v) is 22.4. The van der Waals surface area contributed by atoms with Crippen molar-refractivity contribution in [3.05, 3.63) is 12.3 Å². The molecular weight excluding hydrogens is 441 g/mol. The van der Waals surface area contributed by atoms with Crippen LogP contribution in [0, 0.1) is 0 Å². The van der Waals surface area contributed by atoms with Crippen LogP contribution in [-0.2, 0) is 4.74 Å². The van der Waals surface area contributed by atoms with Gasteiger partial charge in [-0.2, -0.15) is 0 Å². The zero-order valence-electron chi connectivity index (χ0n) is 19.5. The van der Waals surface area contributed by atoms with E-state index >= 15 is 0 Å². The summed E-state index contributed by atoms with van der Waals surface area (Å²) in [5, 5.41) is 0. The summed E-state index contributed by atoms with van der Waals surface area (Å²) in [4.78, 5) is 14.2. The van der Waals surface area contributed by atoms with Gasteiger partial charge in [-0.25, -0.2) is 0 Å². The van der Waals surface area contributed by atoms with E-state index in [0.717, 1.165) is 0 Å². The number of nitrogens with zero attached hydrogens (tertiary/aromatic N) is 1. The van der Waals surface area contributed by atoms with Gasteiger partial charge in [-0.3, -0.25) is 0 Å². The van der Waals surface area contributed by atoms with E-state index in [2.05, 4.69) is 33.8 Å². The summed E-state index contributed by atoms with van der Waals surface area (Å²) in [6.45, 7) is 17.5. The normalized spacial score (nSPS) is 13.6. The Bertz CT molecular complexity index is 391. The van der Waals surface area contributed by atoms with Crippen molar-refractivity contribution in [2.75, 3.05) is 0 Å². The summed E-state index contributed by atoms with van der Waals surface area (Å²) in [6, 6.07) is 0.306. The van der Waals surface area contributed by atoms with Gasteiger partial charge >= 0.3 is 174 Å². The summed E-state index contributed by atoms with van der Waals surface area (Å²) in [6.07, 6.45) is 11.7. The Morgan fingerprint density at radius 3 is 1.59 bits per heavy atom. The summed E-state index contributed by atoms with van der Waals surface area (Å²) in [5.74, 6) is 0. The van der Waals surface area contributed by atoms with Gasteiger partial charge in [0.05, 0.1) is 0 Å². The first-order chi connectivity index (χ1) is 12.8. The third-order valence-corrected chi connectivity index (χ3v) is 23.5. The topological polar surface area (TPSA) is 29.5 Å². The van der Waals surface area contributed by atoms with Crippen molar-refractivity contribution in [3.63, 3.8) is 0 Å². The predicted octanol–water partition coefficient (Wildman–Crippen LogP) is 7.99. The predicted molar refractivity (Wildman–Crippen MR) is 122 cm³/mol. The fraction of sp³-hybridized carbons (Fsp3) is 0.870. The molecule has 0 aromatic heterocycles. The molecule has 0 fully saturated rings. The molecule has 0 radical (unpaired) electrons. The molecule has 0 saturated heterocycles. The molecule has 0 aliphatic carbocycles. The number of amides is 1. The van der Waals surface area contributed by atoms with Gasteiger partial charge in [-0.15, -0.1) is 0 Å². The second-order valence-corrected chi connectivity index (χ2v) is 23.4. The summed E-state index contributed by atoms with van der Waals surface area (Å²) >= 11 is -2.28. The van der Waals surface area contributed by atoms with Crippen LogP contribution in [0.1, 0.15) is 93.9 Å². The van der Waals surface area contributed by atoms with Gasteiger partial charge in [0.1, 0.15) is 0 Å². The molecule has 1 unspecified atom stereocenters. The van der Waals surface area contributed by atoms with Crippen LogP contribution in [0.25, 0.3) is 0 Å². The molecule has 0 spiro atoms. The van der Waals surface area contributed by atoms with E-state index in [0.29, 0.717) is 3.93 Å². The van der Waals surface area contributed by atoms with Crippen LogP contribution >= 0.6 is 0 Å². The minimum absolute atomic E-state index is 0.153. The van der Waals surface area contributed by atoms with Crippen LogP contribution in [0.3, 0.4) is 0 Å². The molecule has 0 aromatic carbocycles. The van der Waals surface area contributed by atoms with Gasteiger partial charge in [-0.1, -0.05) is 0 Å². The van der Waals surface area contributed by atoms with Gasteiger partial charge in [-0.05, 0) is 0 Å². The van der Waals surface area contributed by atoms with Crippen molar-refractivity contribution in [3.8, 4) is 0 Å². The number of ether oxygens (including phenoxy) is 1. The fourth-order valence-corrected chi connectivity index (χ4v) is 20.6. The molecule has 3 nitrogen and oxygen atoms in total. The molecule has 1 atom stereocenters. The van der Waals surface area contributed by atoms with E-state index in [-0.39, 0.29) is 18.2 Å². The zero-order chi connectivity index (χ0) is 20.9. The molecule has 160 valence electrons. The van der Waals surface area contributed by atoms with Crippen molar-refractivity contribution in [1.29, 1.82) is 0 Å². The standard InChI is InChI=1S/C11H20NO2.3C4H9.Sn/c1-6-7-8-14-11(13)12(9(2)3)10(4)5;3*1-3-4-2;/h6-10H,1-5H3;3*1,3-4H2,2H3;/b8-7+;;;;. The van der Waals surface area contributed by atoms with Crippen LogP contribution in [0.15, 0.2) is 12.3 Å². The Morgan fingerprint density at radius 2 is 1.26 bits per heavy atom. The summed E-state index contributed by atoms with van der Waals surface area (Å²) in [7, 11) is 0. The molecule has 1 amide bonds. The molecule has 0 rings (SSSR count). The van der Waals surface area contributed by atoms with Crippen LogP contribution in [-0.4, -0.2) is 41.5 Å². The van der Waals surface area contributed by atoms with E-state index in [1.807, 2.05) is 27.7 Å². The van der Waals surface area contributed by atoms with Crippen molar-refractivity contribution in [2.45, 2.75) is 123 Å². The van der Waals surface area contributed by atoms with E-state index in [1.54, 1.807) is 11.2 Å². The summed E-state index contributed by atoms with van der Waals surface area (Å²) in [5.41, 5.74) is 0. The first kappa shape index (κ1) is 26.8. The number of carbonyl (C=O) groups excluding carboxylic acids is 1. The van der Waals surface area contributed by atoms with Gasteiger partial charge in [0.25, 0.3) is 0 Å². The quantitative estimate of drug-likeness (QED) is 0.183. The van der Waals surface area contributed by atoms with Crippen LogP contribution in [0.5, 0.6) is 0 Å². The second-order valence-electron chi connectivity index (χ2n) is 8.77. The molecule has 0 heterocycles. The van der Waals surface area contributed by atoms with Crippen molar-refractivity contribution < 1.29 is 9.53 Å². The Labute approximate surface area is 174 Å². The monoisotopic (exact) mass is 489 g/mol. The third kappa shape index (κ3) is 9.71. The third-order valence-electron chi connectivity index (χ3n) is 5.91. The maximum atomic E-state index is 12.4. The molecule has 0 aliphatic rings. The number of rotatable bonds is 14. The summed E-state index contributed by atoms with van der Waals surface area (Å²) < 4.78 is 10.6. The molecule has 0 bridgehead atoms. The Kier molecular flexibility index (Phi) is 14.7. The van der Waals surface area contributed by atoms with Crippen LogP contribution < -0.4 is 0 Å². The Hall–Kier alpha value is -0.191. The number of allylic oxidation sites excluding steroid dienone is 1. The molecule has 0 aliphatic heterocycles. The van der Waals surface area contributed by atoms with E-state index in [9.17, 15) is 4.79 Å². The van der Waals surface area contributed by atoms with Crippen LogP contribution in [0.4, 0.5) is 4.79 Å². The maximum absolute atomic E-state index is 12.4. The van der Waals surface area contributed by atoms with E-state index in [4.69, 9.17) is 4.74 Å². The fourth-order valence-electron chi connectivity index (χ4n) is 4.14. The first-order valence-electron chi connectivity index (χ1n) is 11.4. The van der Waals surface area contributed by atoms with Gasteiger partial charge < -0.3 is 0 Å².